The van der Waals surface area contributed by atoms with Crippen molar-refractivity contribution < 1.29 is 14.6 Å². The summed E-state index contributed by atoms with van der Waals surface area (Å²) in [4.78, 5) is 26.3. The van der Waals surface area contributed by atoms with Gasteiger partial charge in [-0.1, -0.05) is 12.1 Å². The molecule has 3 aromatic rings. The molecule has 41 heavy (non-hydrogen) atoms. The molecular weight excluding hydrogens is 586 g/mol. The molecule has 0 bridgehead atoms. The van der Waals surface area contributed by atoms with E-state index < -0.39 is 11.0 Å². The van der Waals surface area contributed by atoms with Gasteiger partial charge in [0.15, 0.2) is 0 Å². The first-order valence-corrected chi connectivity index (χ1v) is 14.6. The highest BCUT2D eigenvalue weighted by molar-refractivity contribution is 9.10. The zero-order valence-electron chi connectivity index (χ0n) is 24.2. The maximum absolute atomic E-state index is 12.5. The van der Waals surface area contributed by atoms with Gasteiger partial charge in [0.25, 0.3) is 0 Å². The van der Waals surface area contributed by atoms with Gasteiger partial charge < -0.3 is 30.7 Å². The summed E-state index contributed by atoms with van der Waals surface area (Å²) >= 11 is 3.56. The molecule has 0 radical (unpaired) electrons. The lowest BCUT2D eigenvalue weighted by molar-refractivity contribution is -0.119. The largest absolute Gasteiger partial charge is 0.494 e. The van der Waals surface area contributed by atoms with E-state index in [1.165, 1.54) is 0 Å². The minimum atomic E-state index is -0.695. The van der Waals surface area contributed by atoms with Crippen LogP contribution >= 0.6 is 15.9 Å². The number of piperazine rings is 1. The number of methoxy groups -OCH3 is 1. The maximum Gasteiger partial charge on any atom is 0.234 e. The second kappa shape index (κ2) is 11.5. The number of nitrogens with zero attached hydrogens (tertiary/aromatic N) is 4. The standard InChI is InChI=1S/C30H38BrN7O3/c1-29(2,40)18-37-11-13-38(14-12-37)20-9-10-22(24(15-20)41-5)35-28-33-17-21(31)26(36-28)32-16-19-7-6-8-23-25(19)30(3,4)27(39)34-23/h6-10,15,17,40H,11-14,16,18H2,1-5H3,(H,34,39)(H2,32,33,35,36). The molecule has 4 N–H and O–H groups in total. The van der Waals surface area contributed by atoms with Crippen LogP contribution < -0.4 is 25.6 Å². The highest BCUT2D eigenvalue weighted by atomic mass is 79.9. The van der Waals surface area contributed by atoms with E-state index in [0.29, 0.717) is 30.6 Å². The number of β-amino-alcohol motifs (C(OH)–C–C–N with tert-alkyl or cyclic N) is 1. The lowest BCUT2D eigenvalue weighted by atomic mass is 9.83. The van der Waals surface area contributed by atoms with Gasteiger partial charge in [0, 0.05) is 62.9 Å². The molecule has 0 saturated carbocycles. The molecule has 2 aliphatic heterocycles. The number of halogens is 1. The first kappa shape index (κ1) is 29.1. The van der Waals surface area contributed by atoms with E-state index in [9.17, 15) is 9.90 Å². The molecule has 0 spiro atoms. The highest BCUT2D eigenvalue weighted by Crippen LogP contribution is 2.40. The zero-order valence-corrected chi connectivity index (χ0v) is 25.8. The normalized spacial score (nSPS) is 16.8. The van der Waals surface area contributed by atoms with Crippen molar-refractivity contribution in [2.24, 2.45) is 0 Å². The Labute approximate surface area is 249 Å². The molecule has 10 nitrogen and oxygen atoms in total. The lowest BCUT2D eigenvalue weighted by Gasteiger charge is -2.38. The summed E-state index contributed by atoms with van der Waals surface area (Å²) in [5.74, 6) is 1.76. The maximum atomic E-state index is 12.5. The molecule has 0 aliphatic carbocycles. The lowest BCUT2D eigenvalue weighted by Crippen LogP contribution is -2.50. The summed E-state index contributed by atoms with van der Waals surface area (Å²) in [5.41, 5.74) is 3.44. The van der Waals surface area contributed by atoms with Crippen LogP contribution in [0.5, 0.6) is 5.75 Å². The van der Waals surface area contributed by atoms with Gasteiger partial charge in [-0.25, -0.2) is 4.98 Å². The summed E-state index contributed by atoms with van der Waals surface area (Å²) in [7, 11) is 1.65. The summed E-state index contributed by atoms with van der Waals surface area (Å²) in [6.45, 7) is 12.3. The number of anilines is 5. The number of fused-ring (bicyclic) bond motifs is 1. The number of carbonyl (C=O) groups excluding carboxylic acids is 1. The molecule has 1 saturated heterocycles. The number of carbonyl (C=O) groups is 1. The van der Waals surface area contributed by atoms with Crippen LogP contribution in [0.25, 0.3) is 0 Å². The molecule has 0 unspecified atom stereocenters. The molecule has 218 valence electrons. The molecule has 1 amide bonds. The van der Waals surface area contributed by atoms with Crippen molar-refractivity contribution in [3.05, 3.63) is 58.2 Å². The van der Waals surface area contributed by atoms with Crippen molar-refractivity contribution in [2.75, 3.05) is 60.7 Å². The van der Waals surface area contributed by atoms with E-state index in [2.05, 4.69) is 52.7 Å². The fourth-order valence-corrected chi connectivity index (χ4v) is 5.85. The number of hydrogen-bond acceptors (Lipinski definition) is 9. The molecule has 11 heteroatoms. The van der Waals surface area contributed by atoms with Gasteiger partial charge in [-0.2, -0.15) is 4.98 Å². The fourth-order valence-electron chi connectivity index (χ4n) is 5.52. The Kier molecular flexibility index (Phi) is 8.13. The number of ether oxygens (including phenoxy) is 1. The van der Waals surface area contributed by atoms with Gasteiger partial charge in [-0.15, -0.1) is 0 Å². The van der Waals surface area contributed by atoms with Gasteiger partial charge >= 0.3 is 0 Å². The molecule has 0 atom stereocenters. The SMILES string of the molecule is COc1cc(N2CCN(CC(C)(C)O)CC2)ccc1Nc1ncc(Br)c(NCc2cccc3c2C(C)(C)C(=O)N3)n1. The van der Waals surface area contributed by atoms with Crippen LogP contribution in [-0.4, -0.2) is 71.3 Å². The van der Waals surface area contributed by atoms with E-state index in [1.807, 2.05) is 58.0 Å². The van der Waals surface area contributed by atoms with E-state index in [0.717, 1.165) is 58.8 Å². The number of benzene rings is 2. The smallest absolute Gasteiger partial charge is 0.234 e. The molecule has 3 heterocycles. The monoisotopic (exact) mass is 623 g/mol. The van der Waals surface area contributed by atoms with Crippen molar-refractivity contribution >= 4 is 50.7 Å². The Hall–Kier alpha value is -3.41. The zero-order chi connectivity index (χ0) is 29.4. The Balaban J connectivity index is 1.27. The summed E-state index contributed by atoms with van der Waals surface area (Å²) in [6, 6.07) is 12.0. The van der Waals surface area contributed by atoms with Gasteiger partial charge in [-0.05, 0) is 73.0 Å². The van der Waals surface area contributed by atoms with Crippen LogP contribution in [0.3, 0.4) is 0 Å². The van der Waals surface area contributed by atoms with Crippen LogP contribution in [0.4, 0.5) is 28.8 Å². The highest BCUT2D eigenvalue weighted by Gasteiger charge is 2.39. The number of rotatable bonds is 9. The van der Waals surface area contributed by atoms with Gasteiger partial charge in [0.2, 0.25) is 11.9 Å². The van der Waals surface area contributed by atoms with Crippen molar-refractivity contribution in [1.82, 2.24) is 14.9 Å². The summed E-state index contributed by atoms with van der Waals surface area (Å²) in [6.07, 6.45) is 1.70. The molecular formula is C30H38BrN7O3. The Bertz CT molecular complexity index is 1430. The molecule has 2 aromatic carbocycles. The third-order valence-electron chi connectivity index (χ3n) is 7.56. The minimum absolute atomic E-state index is 0.00242. The second-order valence-electron chi connectivity index (χ2n) is 11.7. The van der Waals surface area contributed by atoms with Crippen LogP contribution in [0, 0.1) is 0 Å². The average Bonchev–Trinajstić information content (AvgIpc) is 3.16. The van der Waals surface area contributed by atoms with Crippen LogP contribution in [0.15, 0.2) is 47.1 Å². The molecule has 1 fully saturated rings. The van der Waals surface area contributed by atoms with E-state index in [-0.39, 0.29) is 5.91 Å². The summed E-state index contributed by atoms with van der Waals surface area (Å²) in [5, 5.41) is 19.8. The van der Waals surface area contributed by atoms with Crippen LogP contribution in [-0.2, 0) is 16.8 Å². The second-order valence-corrected chi connectivity index (χ2v) is 12.6. The average molecular weight is 625 g/mol. The third-order valence-corrected chi connectivity index (χ3v) is 8.14. The molecule has 5 rings (SSSR count). The van der Waals surface area contributed by atoms with Gasteiger partial charge in [0.1, 0.15) is 11.6 Å². The predicted molar refractivity (Wildman–Crippen MR) is 166 cm³/mol. The predicted octanol–water partition coefficient (Wildman–Crippen LogP) is 4.73. The Morgan fingerprint density at radius 1 is 1.17 bits per heavy atom. The van der Waals surface area contributed by atoms with E-state index in [1.54, 1.807) is 13.3 Å². The fraction of sp³-hybridized carbons (Fsp3) is 0.433. The minimum Gasteiger partial charge on any atom is -0.494 e. The Morgan fingerprint density at radius 2 is 1.93 bits per heavy atom. The third kappa shape index (κ3) is 6.42. The van der Waals surface area contributed by atoms with Crippen molar-refractivity contribution in [3.8, 4) is 5.75 Å². The van der Waals surface area contributed by atoms with Crippen molar-refractivity contribution in [3.63, 3.8) is 0 Å². The van der Waals surface area contributed by atoms with Crippen LogP contribution in [0.2, 0.25) is 0 Å². The Morgan fingerprint density at radius 3 is 2.63 bits per heavy atom. The number of nitrogens with one attached hydrogen (secondary N) is 3. The number of hydrogen-bond donors (Lipinski definition) is 4. The van der Waals surface area contributed by atoms with Gasteiger partial charge in [-0.3, -0.25) is 9.69 Å². The topological polar surface area (TPSA) is 115 Å². The number of aromatic nitrogens is 2. The summed E-state index contributed by atoms with van der Waals surface area (Å²) < 4.78 is 6.45. The van der Waals surface area contributed by atoms with E-state index in [4.69, 9.17) is 9.72 Å². The first-order chi connectivity index (χ1) is 19.4. The number of aliphatic hydroxyl groups is 1. The molecule has 2 aliphatic rings. The van der Waals surface area contributed by atoms with Gasteiger partial charge in [0.05, 0.1) is 28.3 Å². The molecule has 1 aromatic heterocycles. The van der Waals surface area contributed by atoms with Crippen molar-refractivity contribution in [2.45, 2.75) is 45.3 Å². The van der Waals surface area contributed by atoms with E-state index >= 15 is 0 Å². The quantitative estimate of drug-likeness (QED) is 0.269. The first-order valence-electron chi connectivity index (χ1n) is 13.8. The number of amides is 1. The van der Waals surface area contributed by atoms with Crippen molar-refractivity contribution in [1.29, 1.82) is 0 Å². The van der Waals surface area contributed by atoms with Crippen LogP contribution in [0.1, 0.15) is 38.8 Å².